The highest BCUT2D eigenvalue weighted by Crippen LogP contribution is 2.18. The van der Waals surface area contributed by atoms with E-state index in [0.717, 1.165) is 40.1 Å². The predicted molar refractivity (Wildman–Crippen MR) is 196 cm³/mol. The van der Waals surface area contributed by atoms with Crippen LogP contribution >= 0.6 is 12.2 Å². The minimum absolute atomic E-state index is 0.199. The van der Waals surface area contributed by atoms with E-state index in [2.05, 4.69) is 22.5 Å². The number of allylic oxidation sites excluding steroid dienone is 1. The van der Waals surface area contributed by atoms with E-state index in [0.29, 0.717) is 50.8 Å². The van der Waals surface area contributed by atoms with Crippen molar-refractivity contribution in [3.8, 4) is 0 Å². The Bertz CT molecular complexity index is 1430. The van der Waals surface area contributed by atoms with E-state index in [9.17, 15) is 29.7 Å². The molecule has 2 aromatic rings. The first kappa shape index (κ1) is 40.6. The number of benzene rings is 2. The average Bonchev–Trinajstić information content (AvgIpc) is 3.13. The Labute approximate surface area is 293 Å². The predicted octanol–water partition coefficient (Wildman–Crippen LogP) is 1.96. The van der Waals surface area contributed by atoms with Crippen LogP contribution in [0.25, 0.3) is 5.70 Å². The van der Waals surface area contributed by atoms with Gasteiger partial charge in [-0.2, -0.15) is 0 Å². The zero-order valence-corrected chi connectivity index (χ0v) is 29.3. The Kier molecular flexibility index (Phi) is 17.7. The average molecular weight is 699 g/mol. The molecule has 1 aliphatic rings. The molecule has 1 aliphatic heterocycles. The Morgan fingerprint density at radius 1 is 0.898 bits per heavy atom. The maximum atomic E-state index is 11.7. The molecule has 1 unspecified atom stereocenters. The number of nitrogens with two attached hydrogens (primary N) is 2. The molecule has 0 radical (unpaired) electrons. The Hall–Kier alpha value is -4.57. The van der Waals surface area contributed by atoms with Crippen LogP contribution in [0.15, 0.2) is 59.1 Å². The first-order valence-corrected chi connectivity index (χ1v) is 16.4. The molecule has 0 saturated carbocycles. The molecule has 1 fully saturated rings. The number of carbonyl (C=O) groups is 3. The highest BCUT2D eigenvalue weighted by Gasteiger charge is 2.28. The molecule has 0 amide bonds. The fourth-order valence-corrected chi connectivity index (χ4v) is 5.39. The normalized spacial score (nSPS) is 16.7. The standard InChI is InChI=1S/C32H44N6O6S.C2H6N2/c1-3-22(2)31(33)25-8-4-24(5-9-25)17-34-32(45)35-26-10-6-23(7-11-26)16-27-18-37(20-29(41)42)13-12-36(19-28(39)40)14-15-38(27)21-30(43)44;1-4-2-3/h4-11,27H,3,12-21,33H2,1-2H3,(H,39,40)(H,41,42)(H,43,44)(H2,34,35,45);2H,1H3,(H2,3,4)/b31-22+;. The number of anilines is 1. The summed E-state index contributed by atoms with van der Waals surface area (Å²) >= 11 is 5.49. The fraction of sp³-hybridized carbons (Fsp3) is 0.441. The lowest BCUT2D eigenvalue weighted by Gasteiger charge is -2.33. The second-order valence-corrected chi connectivity index (χ2v) is 12.1. The van der Waals surface area contributed by atoms with E-state index in [1.165, 1.54) is 6.34 Å². The molecule has 268 valence electrons. The van der Waals surface area contributed by atoms with Gasteiger partial charge in [-0.15, -0.1) is 0 Å². The van der Waals surface area contributed by atoms with Crippen molar-refractivity contribution in [3.63, 3.8) is 0 Å². The van der Waals surface area contributed by atoms with Crippen LogP contribution in [0.5, 0.6) is 0 Å². The van der Waals surface area contributed by atoms with Gasteiger partial charge in [-0.3, -0.25) is 34.1 Å². The number of carboxylic acids is 3. The van der Waals surface area contributed by atoms with Crippen LogP contribution in [0.1, 0.15) is 37.0 Å². The summed E-state index contributed by atoms with van der Waals surface area (Å²) in [7, 11) is 1.62. The van der Waals surface area contributed by atoms with Gasteiger partial charge in [0.25, 0.3) is 0 Å². The lowest BCUT2D eigenvalue weighted by Crippen LogP contribution is -2.49. The van der Waals surface area contributed by atoms with Crippen LogP contribution in [0.4, 0.5) is 5.69 Å². The van der Waals surface area contributed by atoms with Gasteiger partial charge in [-0.05, 0) is 60.8 Å². The number of thiocarbonyl (C=S) groups is 1. The number of carboxylic acid groups (broad SMARTS) is 3. The van der Waals surface area contributed by atoms with Gasteiger partial charge in [-0.1, -0.05) is 48.9 Å². The molecule has 14 nitrogen and oxygen atoms in total. The summed E-state index contributed by atoms with van der Waals surface area (Å²) in [5.74, 6) is -2.99. The molecule has 15 heteroatoms. The van der Waals surface area contributed by atoms with Crippen LogP contribution in [0.2, 0.25) is 0 Å². The van der Waals surface area contributed by atoms with E-state index in [-0.39, 0.29) is 25.7 Å². The summed E-state index contributed by atoms with van der Waals surface area (Å²) in [5, 5.41) is 35.2. The van der Waals surface area contributed by atoms with Crippen LogP contribution in [0.3, 0.4) is 0 Å². The first-order chi connectivity index (χ1) is 23.3. The third-order valence-corrected chi connectivity index (χ3v) is 8.26. The van der Waals surface area contributed by atoms with Crippen molar-refractivity contribution < 1.29 is 29.7 Å². The van der Waals surface area contributed by atoms with Crippen molar-refractivity contribution in [1.82, 2.24) is 20.0 Å². The molecular weight excluding hydrogens is 648 g/mol. The molecule has 0 aromatic heterocycles. The Morgan fingerprint density at radius 3 is 1.98 bits per heavy atom. The second-order valence-electron chi connectivity index (χ2n) is 11.7. The van der Waals surface area contributed by atoms with E-state index in [1.54, 1.807) is 21.7 Å². The van der Waals surface area contributed by atoms with E-state index in [1.807, 2.05) is 55.5 Å². The van der Waals surface area contributed by atoms with Crippen LogP contribution < -0.4 is 22.1 Å². The monoisotopic (exact) mass is 698 g/mol. The van der Waals surface area contributed by atoms with Gasteiger partial charge in [0.15, 0.2) is 5.11 Å². The van der Waals surface area contributed by atoms with Crippen LogP contribution in [-0.4, -0.2) is 125 Å². The Balaban J connectivity index is 0.00000197. The summed E-state index contributed by atoms with van der Waals surface area (Å²) < 4.78 is 0. The van der Waals surface area contributed by atoms with Gasteiger partial charge in [0.2, 0.25) is 0 Å². The molecule has 49 heavy (non-hydrogen) atoms. The zero-order chi connectivity index (χ0) is 36.3. The lowest BCUT2D eigenvalue weighted by molar-refractivity contribution is -0.140. The van der Waals surface area contributed by atoms with Gasteiger partial charge in [0.05, 0.1) is 26.0 Å². The highest BCUT2D eigenvalue weighted by molar-refractivity contribution is 7.80. The minimum atomic E-state index is -1.00. The van der Waals surface area contributed by atoms with E-state index < -0.39 is 17.9 Å². The van der Waals surface area contributed by atoms with Crippen molar-refractivity contribution in [1.29, 1.82) is 0 Å². The fourth-order valence-electron chi connectivity index (χ4n) is 5.20. The molecule has 9 N–H and O–H groups in total. The third kappa shape index (κ3) is 15.5. The van der Waals surface area contributed by atoms with Gasteiger partial charge in [0, 0.05) is 63.7 Å². The molecule has 1 atom stereocenters. The molecule has 0 aliphatic carbocycles. The van der Waals surface area contributed by atoms with Crippen molar-refractivity contribution in [2.45, 2.75) is 39.3 Å². The molecular formula is C34H50N8O6S. The number of nitrogens with zero attached hydrogens (tertiary/aromatic N) is 4. The zero-order valence-electron chi connectivity index (χ0n) is 28.5. The number of rotatable bonds is 13. The highest BCUT2D eigenvalue weighted by atomic mass is 32.1. The summed E-state index contributed by atoms with van der Waals surface area (Å²) in [6.07, 6.45) is 2.64. The minimum Gasteiger partial charge on any atom is -0.480 e. The van der Waals surface area contributed by atoms with E-state index in [4.69, 9.17) is 23.7 Å². The van der Waals surface area contributed by atoms with Crippen molar-refractivity contribution >= 4 is 53.0 Å². The van der Waals surface area contributed by atoms with Crippen LogP contribution in [-0.2, 0) is 27.3 Å². The first-order valence-electron chi connectivity index (χ1n) is 16.0. The third-order valence-electron chi connectivity index (χ3n) is 8.02. The maximum Gasteiger partial charge on any atom is 0.317 e. The summed E-state index contributed by atoms with van der Waals surface area (Å²) in [6, 6.07) is 15.4. The SMILES string of the molecule is CC/C(C)=C(/N)c1ccc(CNC(=S)Nc2ccc(CC3CN(CC(=O)O)CCN(CC(=O)O)CCN3CC(=O)O)cc2)cc1.CN=CN. The molecule has 1 heterocycles. The van der Waals surface area contributed by atoms with Gasteiger partial charge in [0.1, 0.15) is 0 Å². The van der Waals surface area contributed by atoms with Gasteiger partial charge < -0.3 is 37.4 Å². The number of hydrogen-bond acceptors (Lipinski definition) is 9. The smallest absolute Gasteiger partial charge is 0.317 e. The number of aliphatic carboxylic acids is 3. The Morgan fingerprint density at radius 2 is 1.43 bits per heavy atom. The van der Waals surface area contributed by atoms with Gasteiger partial charge in [-0.25, -0.2) is 0 Å². The molecule has 1 saturated heterocycles. The number of nitrogens with one attached hydrogen (secondary N) is 2. The molecule has 3 rings (SSSR count). The van der Waals surface area contributed by atoms with Crippen LogP contribution in [0, 0.1) is 0 Å². The molecule has 0 spiro atoms. The van der Waals surface area contributed by atoms with Gasteiger partial charge >= 0.3 is 17.9 Å². The maximum absolute atomic E-state index is 11.7. The topological polar surface area (TPSA) is 210 Å². The summed E-state index contributed by atoms with van der Waals surface area (Å²) in [6.45, 7) is 5.75. The summed E-state index contributed by atoms with van der Waals surface area (Å²) in [5.41, 5.74) is 16.7. The second kappa shape index (κ2) is 21.4. The number of hydrogen-bond donors (Lipinski definition) is 7. The van der Waals surface area contributed by atoms with Crippen molar-refractivity contribution in [3.05, 3.63) is 70.8 Å². The van der Waals surface area contributed by atoms with Crippen molar-refractivity contribution in [2.24, 2.45) is 16.5 Å². The van der Waals surface area contributed by atoms with E-state index >= 15 is 0 Å². The van der Waals surface area contributed by atoms with Crippen molar-refractivity contribution in [2.75, 3.05) is 64.7 Å². The largest absolute Gasteiger partial charge is 0.480 e. The lowest BCUT2D eigenvalue weighted by atomic mass is 10.0. The molecule has 2 aromatic carbocycles. The summed E-state index contributed by atoms with van der Waals surface area (Å²) in [4.78, 5) is 43.3. The number of aliphatic imine (C=N–C) groups is 1. The molecule has 0 bridgehead atoms. The quantitative estimate of drug-likeness (QED) is 0.0907.